The van der Waals surface area contributed by atoms with Gasteiger partial charge in [0, 0.05) is 25.7 Å². The van der Waals surface area contributed by atoms with Crippen molar-refractivity contribution in [1.29, 1.82) is 0 Å². The highest BCUT2D eigenvalue weighted by Gasteiger charge is 2.30. The van der Waals surface area contributed by atoms with Gasteiger partial charge in [0.1, 0.15) is 19.3 Å². The summed E-state index contributed by atoms with van der Waals surface area (Å²) in [5.74, 6) is 0.749. The Kier molecular flexibility index (Phi) is 56.6. The highest BCUT2D eigenvalue weighted by Crippen LogP contribution is 2.45. The zero-order chi connectivity index (χ0) is 64.7. The Hall–Kier alpha value is -1.94. The Morgan fingerprint density at radius 2 is 0.552 bits per heavy atom. The molecule has 0 aliphatic heterocycles. The summed E-state index contributed by atoms with van der Waals surface area (Å²) in [5, 5.41) is 10.6. The topological polar surface area (TPSA) is 237 Å². The minimum Gasteiger partial charge on any atom is -0.462 e. The second kappa shape index (κ2) is 57.9. The van der Waals surface area contributed by atoms with Crippen molar-refractivity contribution in [2.75, 3.05) is 39.6 Å². The van der Waals surface area contributed by atoms with Crippen LogP contribution in [-0.2, 0) is 65.4 Å². The molecule has 0 rings (SSSR count). The molecule has 0 aliphatic carbocycles. The molecule has 0 bridgehead atoms. The van der Waals surface area contributed by atoms with E-state index in [1.807, 2.05) is 0 Å². The average Bonchev–Trinajstić information content (AvgIpc) is 3.68. The van der Waals surface area contributed by atoms with E-state index in [0.717, 1.165) is 115 Å². The fourth-order valence-corrected chi connectivity index (χ4v) is 11.7. The molecule has 0 spiro atoms. The lowest BCUT2D eigenvalue weighted by Gasteiger charge is -2.21. The van der Waals surface area contributed by atoms with Crippen LogP contribution >= 0.6 is 15.6 Å². The minimum atomic E-state index is -4.95. The van der Waals surface area contributed by atoms with Crippen molar-refractivity contribution in [2.45, 2.75) is 350 Å². The lowest BCUT2D eigenvalue weighted by atomic mass is 10.00. The van der Waals surface area contributed by atoms with Gasteiger partial charge in [-0.25, -0.2) is 9.13 Å². The van der Waals surface area contributed by atoms with E-state index in [9.17, 15) is 43.2 Å². The highest BCUT2D eigenvalue weighted by atomic mass is 31.2. The van der Waals surface area contributed by atoms with E-state index in [2.05, 4.69) is 55.4 Å². The van der Waals surface area contributed by atoms with Gasteiger partial charge in [0.15, 0.2) is 12.2 Å². The Bertz CT molecular complexity index is 1730. The predicted molar refractivity (Wildman–Crippen MR) is 349 cm³/mol. The molecule has 0 saturated carbocycles. The lowest BCUT2D eigenvalue weighted by molar-refractivity contribution is -0.161. The molecule has 19 heteroatoms. The SMILES string of the molecule is CCC(C)CCCCCCCCC(=O)O[C@H](COC(=O)CCCCCCCCC(C)C)COP(=O)(O)OC[C@H](O)COP(=O)(O)OC[C@@H](COC(=O)CCCCCCCCC(C)C)OC(=O)CCCCCCCCCCCCCCCCCCC(C)C. The zero-order valence-electron chi connectivity index (χ0n) is 56.6. The zero-order valence-corrected chi connectivity index (χ0v) is 58.4. The first-order valence-electron chi connectivity index (χ1n) is 35.2. The molecule has 0 aromatic heterocycles. The number of hydrogen-bond donors (Lipinski definition) is 3. The van der Waals surface area contributed by atoms with Gasteiger partial charge in [-0.05, 0) is 49.4 Å². The standard InChI is InChI=1S/C68H132O17P2/c1-9-61(8)47-39-31-24-27-35-43-51-68(73)85-64(55-79-66(71)49-41-33-26-23-30-38-46-60(6)7)57-83-87(76,77)81-53-62(69)52-80-86(74,75)82-56-63(54-78-65(70)48-40-32-25-22-29-37-45-59(4)5)84-67(72)50-42-34-21-19-17-15-13-11-10-12-14-16-18-20-28-36-44-58(2)3/h58-64,69H,9-57H2,1-8H3,(H,74,75)(H,76,77)/t61?,62-,63-,64-/m1/s1. The van der Waals surface area contributed by atoms with Crippen LogP contribution < -0.4 is 0 Å². The van der Waals surface area contributed by atoms with Crippen molar-refractivity contribution >= 4 is 39.5 Å². The molecule has 0 aromatic rings. The molecule has 0 radical (unpaired) electrons. The maximum atomic E-state index is 13.0. The first-order valence-corrected chi connectivity index (χ1v) is 38.2. The summed E-state index contributed by atoms with van der Waals surface area (Å²) >= 11 is 0. The third-order valence-electron chi connectivity index (χ3n) is 15.9. The Balaban J connectivity index is 5.17. The van der Waals surface area contributed by atoms with Crippen LogP contribution in [0.25, 0.3) is 0 Å². The van der Waals surface area contributed by atoms with Crippen LogP contribution in [0.5, 0.6) is 0 Å². The number of unbranched alkanes of at least 4 members (excludes halogenated alkanes) is 30. The van der Waals surface area contributed by atoms with E-state index in [-0.39, 0.29) is 25.7 Å². The van der Waals surface area contributed by atoms with Crippen molar-refractivity contribution in [3.05, 3.63) is 0 Å². The van der Waals surface area contributed by atoms with E-state index in [1.54, 1.807) is 0 Å². The third-order valence-corrected chi connectivity index (χ3v) is 17.8. The first kappa shape index (κ1) is 85.1. The molecule has 3 N–H and O–H groups in total. The van der Waals surface area contributed by atoms with Crippen LogP contribution in [0.1, 0.15) is 331 Å². The summed E-state index contributed by atoms with van der Waals surface area (Å²) in [6, 6.07) is 0. The number of phosphoric ester groups is 2. The van der Waals surface area contributed by atoms with Crippen molar-refractivity contribution in [1.82, 2.24) is 0 Å². The van der Waals surface area contributed by atoms with Gasteiger partial charge in [0.2, 0.25) is 0 Å². The lowest BCUT2D eigenvalue weighted by Crippen LogP contribution is -2.30. The van der Waals surface area contributed by atoms with Crippen LogP contribution in [0.15, 0.2) is 0 Å². The van der Waals surface area contributed by atoms with Gasteiger partial charge in [0.25, 0.3) is 0 Å². The summed E-state index contributed by atoms with van der Waals surface area (Å²) < 4.78 is 68.1. The number of ether oxygens (including phenoxy) is 4. The molecule has 0 heterocycles. The molecule has 3 unspecified atom stereocenters. The molecule has 0 saturated heterocycles. The average molecular weight is 1280 g/mol. The fourth-order valence-electron chi connectivity index (χ4n) is 10.1. The van der Waals surface area contributed by atoms with Gasteiger partial charge in [-0.3, -0.25) is 37.3 Å². The molecule has 17 nitrogen and oxygen atoms in total. The van der Waals surface area contributed by atoms with Crippen LogP contribution in [0, 0.1) is 23.7 Å². The monoisotopic (exact) mass is 1280 g/mol. The van der Waals surface area contributed by atoms with Crippen molar-refractivity contribution < 1.29 is 80.2 Å². The van der Waals surface area contributed by atoms with Crippen molar-refractivity contribution in [3.63, 3.8) is 0 Å². The summed E-state index contributed by atoms with van der Waals surface area (Å²) in [6.45, 7) is 13.9. The van der Waals surface area contributed by atoms with Crippen LogP contribution in [0.2, 0.25) is 0 Å². The van der Waals surface area contributed by atoms with Crippen molar-refractivity contribution in [2.24, 2.45) is 23.7 Å². The number of aliphatic hydroxyl groups excluding tert-OH is 1. The first-order chi connectivity index (χ1) is 41.6. The van der Waals surface area contributed by atoms with E-state index in [0.29, 0.717) is 37.5 Å². The summed E-state index contributed by atoms with van der Waals surface area (Å²) in [4.78, 5) is 72.3. The number of carbonyl (C=O) groups is 4. The van der Waals surface area contributed by atoms with Crippen LogP contribution in [-0.4, -0.2) is 96.7 Å². The Labute approximate surface area is 530 Å². The number of aliphatic hydroxyl groups is 1. The molecule has 87 heavy (non-hydrogen) atoms. The van der Waals surface area contributed by atoms with E-state index in [1.165, 1.54) is 122 Å². The Morgan fingerprint density at radius 3 is 0.816 bits per heavy atom. The quantitative estimate of drug-likeness (QED) is 0.0222. The van der Waals surface area contributed by atoms with E-state index in [4.69, 9.17) is 37.0 Å². The second-order valence-electron chi connectivity index (χ2n) is 26.2. The Morgan fingerprint density at radius 1 is 0.322 bits per heavy atom. The molecular formula is C68H132O17P2. The van der Waals surface area contributed by atoms with Crippen molar-refractivity contribution in [3.8, 4) is 0 Å². The minimum absolute atomic E-state index is 0.101. The molecule has 516 valence electrons. The summed E-state index contributed by atoms with van der Waals surface area (Å²) in [5.41, 5.74) is 0. The number of rotatable bonds is 65. The normalized spacial score (nSPS) is 14.6. The molecule has 0 aliphatic rings. The van der Waals surface area contributed by atoms with E-state index >= 15 is 0 Å². The molecule has 0 amide bonds. The smallest absolute Gasteiger partial charge is 0.462 e. The predicted octanol–water partition coefficient (Wildman–Crippen LogP) is 18.9. The maximum absolute atomic E-state index is 13.0. The summed E-state index contributed by atoms with van der Waals surface area (Å²) in [6.07, 6.45) is 39.4. The van der Waals surface area contributed by atoms with Crippen LogP contribution in [0.4, 0.5) is 0 Å². The number of hydrogen-bond acceptors (Lipinski definition) is 15. The number of carbonyl (C=O) groups excluding carboxylic acids is 4. The molecular weight excluding hydrogens is 1150 g/mol. The number of esters is 4. The maximum Gasteiger partial charge on any atom is 0.472 e. The van der Waals surface area contributed by atoms with Gasteiger partial charge in [-0.15, -0.1) is 0 Å². The second-order valence-corrected chi connectivity index (χ2v) is 29.1. The van der Waals surface area contributed by atoms with Crippen LogP contribution in [0.3, 0.4) is 0 Å². The van der Waals surface area contributed by atoms with E-state index < -0.39 is 97.5 Å². The van der Waals surface area contributed by atoms with Gasteiger partial charge in [-0.2, -0.15) is 0 Å². The van der Waals surface area contributed by atoms with Gasteiger partial charge in [0.05, 0.1) is 26.4 Å². The van der Waals surface area contributed by atoms with Gasteiger partial charge >= 0.3 is 39.5 Å². The molecule has 0 fully saturated rings. The third kappa shape index (κ3) is 61.3. The molecule has 0 aromatic carbocycles. The number of phosphoric acid groups is 2. The summed E-state index contributed by atoms with van der Waals surface area (Å²) in [7, 11) is -9.89. The van der Waals surface area contributed by atoms with Gasteiger partial charge < -0.3 is 33.8 Å². The van der Waals surface area contributed by atoms with Gasteiger partial charge in [-0.1, -0.05) is 280 Å². The largest absolute Gasteiger partial charge is 0.472 e. The highest BCUT2D eigenvalue weighted by molar-refractivity contribution is 7.47. The molecule has 6 atom stereocenters. The fraction of sp³-hybridized carbons (Fsp3) is 0.941.